The van der Waals surface area contributed by atoms with Crippen LogP contribution in [-0.4, -0.2) is 68.6 Å². The molecule has 178 valence electrons. The summed E-state index contributed by atoms with van der Waals surface area (Å²) in [5.41, 5.74) is 5.36. The van der Waals surface area contributed by atoms with E-state index in [1.54, 1.807) is 0 Å². The number of piperazine rings is 1. The standard InChI is InChI=1S/C20H20F3N3O6S/c21-20(22,23)32-16-5-7-17(8-6-16)33(29,30)26-11-9-25(10-12-26)19(28)14-1-3-15(4-2-14)31-13-18(24)27/h1-8H,9-13H2,(H2,24,27). The van der Waals surface area contributed by atoms with Gasteiger partial charge >= 0.3 is 6.36 Å². The third kappa shape index (κ3) is 6.35. The van der Waals surface area contributed by atoms with Crippen LogP contribution in [0.15, 0.2) is 53.4 Å². The van der Waals surface area contributed by atoms with Gasteiger partial charge in [0.2, 0.25) is 10.0 Å². The maximum absolute atomic E-state index is 12.8. The number of carbonyl (C=O) groups is 2. The van der Waals surface area contributed by atoms with Gasteiger partial charge in [-0.2, -0.15) is 4.31 Å². The lowest BCUT2D eigenvalue weighted by Gasteiger charge is -2.34. The second kappa shape index (κ2) is 9.67. The first kappa shape index (κ1) is 24.3. The number of carbonyl (C=O) groups excluding carboxylic acids is 2. The predicted molar refractivity (Wildman–Crippen MR) is 109 cm³/mol. The van der Waals surface area contributed by atoms with Crippen LogP contribution in [0.25, 0.3) is 0 Å². The number of ether oxygens (including phenoxy) is 2. The Bertz CT molecular complexity index is 1100. The Labute approximate surface area is 187 Å². The molecule has 9 nitrogen and oxygen atoms in total. The van der Waals surface area contributed by atoms with E-state index in [0.717, 1.165) is 28.6 Å². The molecule has 2 aromatic carbocycles. The van der Waals surface area contributed by atoms with Gasteiger partial charge in [0.1, 0.15) is 11.5 Å². The fourth-order valence-corrected chi connectivity index (χ4v) is 4.55. The number of rotatable bonds is 7. The summed E-state index contributed by atoms with van der Waals surface area (Å²) < 4.78 is 72.4. The fourth-order valence-electron chi connectivity index (χ4n) is 3.12. The van der Waals surface area contributed by atoms with Crippen molar-refractivity contribution in [1.82, 2.24) is 9.21 Å². The van der Waals surface area contributed by atoms with Crippen LogP contribution in [0.1, 0.15) is 10.4 Å². The highest BCUT2D eigenvalue weighted by Crippen LogP contribution is 2.25. The molecule has 2 N–H and O–H groups in total. The number of halogens is 3. The Balaban J connectivity index is 1.59. The Hall–Kier alpha value is -3.32. The molecule has 0 unspecified atom stereocenters. The minimum Gasteiger partial charge on any atom is -0.484 e. The summed E-state index contributed by atoms with van der Waals surface area (Å²) in [6.07, 6.45) is -4.87. The number of alkyl halides is 3. The molecule has 0 spiro atoms. The van der Waals surface area contributed by atoms with Crippen molar-refractivity contribution in [2.45, 2.75) is 11.3 Å². The highest BCUT2D eigenvalue weighted by atomic mass is 32.2. The third-order valence-electron chi connectivity index (χ3n) is 4.70. The number of hydrogen-bond acceptors (Lipinski definition) is 6. The van der Waals surface area contributed by atoms with Crippen LogP contribution in [0, 0.1) is 0 Å². The number of primary amides is 1. The van der Waals surface area contributed by atoms with Crippen molar-refractivity contribution >= 4 is 21.8 Å². The van der Waals surface area contributed by atoms with E-state index in [1.807, 2.05) is 0 Å². The maximum Gasteiger partial charge on any atom is 0.573 e. The molecule has 1 saturated heterocycles. The molecule has 33 heavy (non-hydrogen) atoms. The van der Waals surface area contributed by atoms with Crippen molar-refractivity contribution in [3.8, 4) is 11.5 Å². The van der Waals surface area contributed by atoms with Gasteiger partial charge in [0.05, 0.1) is 4.90 Å². The molecule has 3 rings (SSSR count). The normalized spacial score (nSPS) is 15.2. The largest absolute Gasteiger partial charge is 0.573 e. The summed E-state index contributed by atoms with van der Waals surface area (Å²) in [5.74, 6) is -1.09. The molecule has 1 aliphatic rings. The van der Waals surface area contributed by atoms with Crippen LogP contribution in [-0.2, 0) is 14.8 Å². The maximum atomic E-state index is 12.8. The van der Waals surface area contributed by atoms with E-state index in [4.69, 9.17) is 10.5 Å². The number of hydrogen-bond donors (Lipinski definition) is 1. The van der Waals surface area contributed by atoms with Crippen molar-refractivity contribution in [1.29, 1.82) is 0 Å². The summed E-state index contributed by atoms with van der Waals surface area (Å²) in [7, 11) is -3.95. The molecule has 1 heterocycles. The first-order valence-electron chi connectivity index (χ1n) is 9.62. The van der Waals surface area contributed by atoms with Crippen molar-refractivity contribution in [2.24, 2.45) is 5.73 Å². The van der Waals surface area contributed by atoms with E-state index in [2.05, 4.69) is 4.74 Å². The molecule has 0 aromatic heterocycles. The SMILES string of the molecule is NC(=O)COc1ccc(C(=O)N2CCN(S(=O)(=O)c3ccc(OC(F)(F)F)cc3)CC2)cc1. The zero-order valence-electron chi connectivity index (χ0n) is 17.1. The fraction of sp³-hybridized carbons (Fsp3) is 0.300. The number of amides is 2. The average molecular weight is 487 g/mol. The molecule has 0 bridgehead atoms. The molecule has 0 aliphatic carbocycles. The Kier molecular flexibility index (Phi) is 7.12. The topological polar surface area (TPSA) is 119 Å². The lowest BCUT2D eigenvalue weighted by molar-refractivity contribution is -0.274. The van der Waals surface area contributed by atoms with Crippen LogP contribution in [0.4, 0.5) is 13.2 Å². The van der Waals surface area contributed by atoms with Crippen molar-refractivity contribution in [3.63, 3.8) is 0 Å². The van der Waals surface area contributed by atoms with E-state index < -0.39 is 28.0 Å². The quantitative estimate of drug-likeness (QED) is 0.634. The van der Waals surface area contributed by atoms with Gasteiger partial charge in [-0.25, -0.2) is 8.42 Å². The minimum absolute atomic E-state index is 0.0225. The third-order valence-corrected chi connectivity index (χ3v) is 6.62. The van der Waals surface area contributed by atoms with Crippen molar-refractivity contribution in [2.75, 3.05) is 32.8 Å². The first-order chi connectivity index (χ1) is 15.5. The zero-order chi connectivity index (χ0) is 24.2. The minimum atomic E-state index is -4.87. The second-order valence-corrected chi connectivity index (χ2v) is 8.93. The Morgan fingerprint density at radius 3 is 1.97 bits per heavy atom. The van der Waals surface area contributed by atoms with E-state index in [1.165, 1.54) is 29.2 Å². The Morgan fingerprint density at radius 2 is 1.45 bits per heavy atom. The molecule has 1 fully saturated rings. The Morgan fingerprint density at radius 1 is 0.909 bits per heavy atom. The molecule has 0 radical (unpaired) electrons. The van der Waals surface area contributed by atoms with Gasteiger partial charge in [0.25, 0.3) is 11.8 Å². The van der Waals surface area contributed by atoms with Gasteiger partial charge in [-0.3, -0.25) is 9.59 Å². The predicted octanol–water partition coefficient (Wildman–Crippen LogP) is 1.60. The van der Waals surface area contributed by atoms with Gasteiger partial charge in [-0.1, -0.05) is 0 Å². The van der Waals surface area contributed by atoms with E-state index in [0.29, 0.717) is 11.3 Å². The highest BCUT2D eigenvalue weighted by molar-refractivity contribution is 7.89. The molecule has 13 heteroatoms. The van der Waals surface area contributed by atoms with Gasteiger partial charge in [-0.15, -0.1) is 13.2 Å². The number of sulfonamides is 1. The molecule has 0 saturated carbocycles. The van der Waals surface area contributed by atoms with Crippen LogP contribution < -0.4 is 15.2 Å². The van der Waals surface area contributed by atoms with Crippen molar-refractivity contribution in [3.05, 3.63) is 54.1 Å². The molecular formula is C20H20F3N3O6S. The van der Waals surface area contributed by atoms with Crippen LogP contribution in [0.3, 0.4) is 0 Å². The summed E-state index contributed by atoms with van der Waals surface area (Å²) in [6.45, 7) is 0.0195. The molecule has 2 aromatic rings. The van der Waals surface area contributed by atoms with Crippen molar-refractivity contribution < 1.29 is 40.7 Å². The van der Waals surface area contributed by atoms with Gasteiger partial charge in [0.15, 0.2) is 6.61 Å². The lowest BCUT2D eigenvalue weighted by atomic mass is 10.2. The summed E-state index contributed by atoms with van der Waals surface area (Å²) in [6, 6.07) is 10.0. The molecule has 1 aliphatic heterocycles. The highest BCUT2D eigenvalue weighted by Gasteiger charge is 2.33. The van der Waals surface area contributed by atoms with Crippen LogP contribution in [0.2, 0.25) is 0 Å². The first-order valence-corrected chi connectivity index (χ1v) is 11.1. The average Bonchev–Trinajstić information content (AvgIpc) is 2.77. The summed E-state index contributed by atoms with van der Waals surface area (Å²) in [5, 5.41) is 0. The number of nitrogens with zero attached hydrogens (tertiary/aromatic N) is 2. The summed E-state index contributed by atoms with van der Waals surface area (Å²) >= 11 is 0. The van der Waals surface area contributed by atoms with Crippen LogP contribution >= 0.6 is 0 Å². The van der Waals surface area contributed by atoms with Gasteiger partial charge < -0.3 is 20.1 Å². The van der Waals surface area contributed by atoms with E-state index in [9.17, 15) is 31.2 Å². The zero-order valence-corrected chi connectivity index (χ0v) is 17.9. The molecule has 0 atom stereocenters. The smallest absolute Gasteiger partial charge is 0.484 e. The van der Waals surface area contributed by atoms with Crippen LogP contribution in [0.5, 0.6) is 11.5 Å². The molecular weight excluding hydrogens is 467 g/mol. The lowest BCUT2D eigenvalue weighted by Crippen LogP contribution is -2.50. The van der Waals surface area contributed by atoms with E-state index in [-0.39, 0.29) is 43.6 Å². The molecule has 2 amide bonds. The monoisotopic (exact) mass is 487 g/mol. The van der Waals surface area contributed by atoms with E-state index >= 15 is 0 Å². The van der Waals surface area contributed by atoms with Gasteiger partial charge in [0, 0.05) is 31.7 Å². The van der Waals surface area contributed by atoms with Gasteiger partial charge in [-0.05, 0) is 48.5 Å². The number of benzene rings is 2. The number of nitrogens with two attached hydrogens (primary N) is 1. The second-order valence-electron chi connectivity index (χ2n) is 6.99. The summed E-state index contributed by atoms with van der Waals surface area (Å²) in [4.78, 5) is 24.8.